The van der Waals surface area contributed by atoms with E-state index in [-0.39, 0.29) is 6.29 Å². The molecular formula is C23H40O2. The first-order chi connectivity index (χ1) is 12.3. The topological polar surface area (TPSA) is 18.5 Å². The molecule has 3 rings (SSSR count). The van der Waals surface area contributed by atoms with Gasteiger partial charge in [-0.25, -0.2) is 0 Å². The highest BCUT2D eigenvalue weighted by Crippen LogP contribution is 2.39. The summed E-state index contributed by atoms with van der Waals surface area (Å²) in [5.74, 6) is 4.43. The third-order valence-electron chi connectivity index (χ3n) is 7.26. The fourth-order valence-electron chi connectivity index (χ4n) is 5.51. The Labute approximate surface area is 155 Å². The molecule has 1 saturated heterocycles. The molecule has 0 aromatic rings. The summed E-state index contributed by atoms with van der Waals surface area (Å²) in [6.45, 7) is 3.25. The quantitative estimate of drug-likeness (QED) is 0.520. The van der Waals surface area contributed by atoms with Crippen LogP contribution in [0.4, 0.5) is 0 Å². The van der Waals surface area contributed by atoms with Gasteiger partial charge in [-0.05, 0) is 93.8 Å². The van der Waals surface area contributed by atoms with Gasteiger partial charge in [0.1, 0.15) is 0 Å². The van der Waals surface area contributed by atoms with Crippen LogP contribution in [-0.4, -0.2) is 20.0 Å². The van der Waals surface area contributed by atoms with Gasteiger partial charge in [0, 0.05) is 7.11 Å². The summed E-state index contributed by atoms with van der Waals surface area (Å²) in [6, 6.07) is 0. The molecule has 0 spiro atoms. The SMILES string of the molecule is CCCC1CCC(/C=C/C2CCC(C3CCC(OC)OC3)CC2)CC1. The van der Waals surface area contributed by atoms with Crippen LogP contribution in [0.3, 0.4) is 0 Å². The lowest BCUT2D eigenvalue weighted by Crippen LogP contribution is -2.33. The molecule has 0 radical (unpaired) electrons. The molecule has 3 aliphatic rings. The summed E-state index contributed by atoms with van der Waals surface area (Å²) >= 11 is 0. The van der Waals surface area contributed by atoms with E-state index in [1.807, 2.05) is 0 Å². The van der Waals surface area contributed by atoms with Gasteiger partial charge in [-0.1, -0.05) is 31.9 Å². The average molecular weight is 349 g/mol. The van der Waals surface area contributed by atoms with Crippen LogP contribution in [0.15, 0.2) is 12.2 Å². The van der Waals surface area contributed by atoms with E-state index in [2.05, 4.69) is 19.1 Å². The Hall–Kier alpha value is -0.340. The maximum Gasteiger partial charge on any atom is 0.157 e. The van der Waals surface area contributed by atoms with Gasteiger partial charge >= 0.3 is 0 Å². The van der Waals surface area contributed by atoms with Crippen LogP contribution in [0.25, 0.3) is 0 Å². The lowest BCUT2D eigenvalue weighted by molar-refractivity contribution is -0.167. The van der Waals surface area contributed by atoms with Crippen molar-refractivity contribution in [2.24, 2.45) is 29.6 Å². The zero-order chi connectivity index (χ0) is 17.5. The molecule has 1 aliphatic heterocycles. The molecule has 2 nitrogen and oxygen atoms in total. The van der Waals surface area contributed by atoms with Gasteiger partial charge < -0.3 is 9.47 Å². The van der Waals surface area contributed by atoms with Crippen molar-refractivity contribution in [1.29, 1.82) is 0 Å². The second-order valence-corrected chi connectivity index (χ2v) is 8.97. The van der Waals surface area contributed by atoms with Crippen molar-refractivity contribution in [3.05, 3.63) is 12.2 Å². The minimum atomic E-state index is 0.0583. The Bertz CT molecular complexity index is 381. The van der Waals surface area contributed by atoms with Crippen molar-refractivity contribution in [2.75, 3.05) is 13.7 Å². The summed E-state index contributed by atoms with van der Waals surface area (Å²) in [5.41, 5.74) is 0. The Balaban J connectivity index is 1.34. The van der Waals surface area contributed by atoms with Gasteiger partial charge in [-0.15, -0.1) is 0 Å². The first-order valence-electron chi connectivity index (χ1n) is 11.1. The van der Waals surface area contributed by atoms with Gasteiger partial charge in [0.15, 0.2) is 6.29 Å². The molecule has 2 saturated carbocycles. The van der Waals surface area contributed by atoms with E-state index in [1.165, 1.54) is 70.6 Å². The van der Waals surface area contributed by atoms with E-state index in [9.17, 15) is 0 Å². The molecule has 0 N–H and O–H groups in total. The summed E-state index contributed by atoms with van der Waals surface area (Å²) < 4.78 is 11.2. The summed E-state index contributed by atoms with van der Waals surface area (Å²) in [5, 5.41) is 0. The molecule has 3 fully saturated rings. The molecule has 0 amide bonds. The Kier molecular flexibility index (Phi) is 7.86. The lowest BCUT2D eigenvalue weighted by Gasteiger charge is -2.37. The second-order valence-electron chi connectivity index (χ2n) is 8.97. The number of hydrogen-bond donors (Lipinski definition) is 0. The maximum absolute atomic E-state index is 5.84. The van der Waals surface area contributed by atoms with Crippen molar-refractivity contribution >= 4 is 0 Å². The Morgan fingerprint density at radius 2 is 1.40 bits per heavy atom. The first-order valence-corrected chi connectivity index (χ1v) is 11.1. The summed E-state index contributed by atoms with van der Waals surface area (Å²) in [7, 11) is 1.76. The molecule has 1 heterocycles. The van der Waals surface area contributed by atoms with Crippen LogP contribution < -0.4 is 0 Å². The van der Waals surface area contributed by atoms with Gasteiger partial charge in [0.25, 0.3) is 0 Å². The number of ether oxygens (including phenoxy) is 2. The van der Waals surface area contributed by atoms with Crippen molar-refractivity contribution < 1.29 is 9.47 Å². The Morgan fingerprint density at radius 1 is 0.800 bits per heavy atom. The van der Waals surface area contributed by atoms with Gasteiger partial charge in [-0.2, -0.15) is 0 Å². The monoisotopic (exact) mass is 348 g/mol. The number of hydrogen-bond acceptors (Lipinski definition) is 2. The number of rotatable bonds is 6. The maximum atomic E-state index is 5.84. The largest absolute Gasteiger partial charge is 0.356 e. The molecule has 2 aliphatic carbocycles. The molecule has 25 heavy (non-hydrogen) atoms. The van der Waals surface area contributed by atoms with Crippen LogP contribution in [-0.2, 0) is 9.47 Å². The van der Waals surface area contributed by atoms with Gasteiger partial charge in [0.05, 0.1) is 6.61 Å². The van der Waals surface area contributed by atoms with Crippen LogP contribution in [0.5, 0.6) is 0 Å². The van der Waals surface area contributed by atoms with Crippen molar-refractivity contribution in [2.45, 2.75) is 90.3 Å². The van der Waals surface area contributed by atoms with E-state index >= 15 is 0 Å². The molecule has 2 heteroatoms. The third kappa shape index (κ3) is 5.82. The van der Waals surface area contributed by atoms with E-state index < -0.39 is 0 Å². The average Bonchev–Trinajstić information content (AvgIpc) is 2.68. The van der Waals surface area contributed by atoms with Crippen LogP contribution >= 0.6 is 0 Å². The number of allylic oxidation sites excluding steroid dienone is 2. The highest BCUT2D eigenvalue weighted by Gasteiger charge is 2.31. The summed E-state index contributed by atoms with van der Waals surface area (Å²) in [4.78, 5) is 0. The number of methoxy groups -OCH3 is 1. The molecule has 2 atom stereocenters. The van der Waals surface area contributed by atoms with Crippen molar-refractivity contribution in [3.8, 4) is 0 Å². The van der Waals surface area contributed by atoms with Crippen molar-refractivity contribution in [1.82, 2.24) is 0 Å². The highest BCUT2D eigenvalue weighted by atomic mass is 16.7. The molecule has 144 valence electrons. The first kappa shape index (κ1) is 19.4. The van der Waals surface area contributed by atoms with E-state index in [0.717, 1.165) is 42.6 Å². The minimum Gasteiger partial charge on any atom is -0.356 e. The molecule has 2 unspecified atom stereocenters. The predicted octanol–water partition coefficient (Wildman–Crippen LogP) is 6.35. The normalized spacial score (nSPS) is 40.4. The molecular weight excluding hydrogens is 308 g/mol. The molecule has 0 aromatic heterocycles. The van der Waals surface area contributed by atoms with Gasteiger partial charge in [0.2, 0.25) is 0 Å². The third-order valence-corrected chi connectivity index (χ3v) is 7.26. The van der Waals surface area contributed by atoms with Crippen molar-refractivity contribution in [3.63, 3.8) is 0 Å². The van der Waals surface area contributed by atoms with E-state index in [1.54, 1.807) is 7.11 Å². The minimum absolute atomic E-state index is 0.0583. The smallest absolute Gasteiger partial charge is 0.157 e. The molecule has 0 bridgehead atoms. The predicted molar refractivity (Wildman–Crippen MR) is 104 cm³/mol. The molecule has 0 aromatic carbocycles. The summed E-state index contributed by atoms with van der Waals surface area (Å²) in [6.07, 6.45) is 21.9. The zero-order valence-electron chi connectivity index (χ0n) is 16.6. The van der Waals surface area contributed by atoms with Gasteiger partial charge in [-0.3, -0.25) is 0 Å². The fraction of sp³-hybridized carbons (Fsp3) is 0.913. The standard InChI is InChI=1S/C23H40O2/c1-3-4-18-5-7-19(8-6-18)9-10-20-11-13-21(14-12-20)22-15-16-23(24-2)25-17-22/h9-10,18-23H,3-8,11-17H2,1-2H3/b10-9+. The van der Waals surface area contributed by atoms with E-state index in [0.29, 0.717) is 0 Å². The van der Waals surface area contributed by atoms with Crippen LogP contribution in [0.1, 0.15) is 84.0 Å². The fourth-order valence-corrected chi connectivity index (χ4v) is 5.51. The van der Waals surface area contributed by atoms with Crippen LogP contribution in [0.2, 0.25) is 0 Å². The van der Waals surface area contributed by atoms with Crippen LogP contribution in [0, 0.1) is 29.6 Å². The zero-order valence-corrected chi connectivity index (χ0v) is 16.6. The second kappa shape index (κ2) is 10.1. The van der Waals surface area contributed by atoms with E-state index in [4.69, 9.17) is 9.47 Å². The Morgan fingerprint density at radius 3 is 1.92 bits per heavy atom. The lowest BCUT2D eigenvalue weighted by atomic mass is 9.73. The highest BCUT2D eigenvalue weighted by molar-refractivity contribution is 4.96.